The maximum atomic E-state index is 11.9. The van der Waals surface area contributed by atoms with Gasteiger partial charge in [0.25, 0.3) is 5.91 Å². The second-order valence-corrected chi connectivity index (χ2v) is 7.65. The second-order valence-electron chi connectivity index (χ2n) is 6.36. The molecule has 0 unspecified atom stereocenters. The third-order valence-corrected chi connectivity index (χ3v) is 5.10. The highest BCUT2D eigenvalue weighted by atomic mass is 32.1. The smallest absolute Gasteiger partial charge is 0.287 e. The number of rotatable bonds is 7. The molecular formula is C20H19N5O3S. The van der Waals surface area contributed by atoms with Crippen molar-refractivity contribution in [3.05, 3.63) is 59.1 Å². The largest absolute Gasteiger partial charge is 0.459 e. The molecule has 0 aliphatic carbocycles. The zero-order chi connectivity index (χ0) is 20.2. The molecule has 0 spiro atoms. The molecule has 0 aliphatic heterocycles. The Bertz CT molecular complexity index is 1120. The number of thiophene rings is 1. The lowest BCUT2D eigenvalue weighted by molar-refractivity contribution is 0.0927. The minimum Gasteiger partial charge on any atom is -0.459 e. The van der Waals surface area contributed by atoms with Crippen LogP contribution in [0.1, 0.15) is 21.1 Å². The molecule has 0 radical (unpaired) electrons. The molecule has 148 valence electrons. The predicted molar refractivity (Wildman–Crippen MR) is 110 cm³/mol. The number of anilines is 1. The van der Waals surface area contributed by atoms with Gasteiger partial charge in [0.2, 0.25) is 5.95 Å². The average Bonchev–Trinajstić information content (AvgIpc) is 3.47. The Morgan fingerprint density at radius 1 is 1.21 bits per heavy atom. The van der Waals surface area contributed by atoms with Gasteiger partial charge in [0, 0.05) is 30.2 Å². The van der Waals surface area contributed by atoms with Crippen molar-refractivity contribution in [1.29, 1.82) is 0 Å². The van der Waals surface area contributed by atoms with Gasteiger partial charge in [-0.05, 0) is 38.1 Å². The van der Waals surface area contributed by atoms with Gasteiger partial charge in [-0.1, -0.05) is 5.16 Å². The molecule has 0 saturated carbocycles. The van der Waals surface area contributed by atoms with Crippen LogP contribution in [0.3, 0.4) is 0 Å². The number of nitrogens with one attached hydrogen (secondary N) is 2. The first-order valence-electron chi connectivity index (χ1n) is 9.03. The van der Waals surface area contributed by atoms with Crippen molar-refractivity contribution in [3.8, 4) is 21.9 Å². The van der Waals surface area contributed by atoms with Gasteiger partial charge >= 0.3 is 0 Å². The molecule has 0 saturated heterocycles. The summed E-state index contributed by atoms with van der Waals surface area (Å²) in [6, 6.07) is 9.23. The van der Waals surface area contributed by atoms with Gasteiger partial charge in [0.15, 0.2) is 11.5 Å². The fourth-order valence-corrected chi connectivity index (χ4v) is 3.60. The van der Waals surface area contributed by atoms with Crippen LogP contribution in [-0.4, -0.2) is 34.1 Å². The van der Waals surface area contributed by atoms with Gasteiger partial charge in [-0.2, -0.15) is 0 Å². The maximum Gasteiger partial charge on any atom is 0.287 e. The number of hydrogen-bond acceptors (Lipinski definition) is 8. The lowest BCUT2D eigenvalue weighted by Crippen LogP contribution is -2.28. The minimum absolute atomic E-state index is 0.261. The normalized spacial score (nSPS) is 10.8. The molecule has 4 aromatic heterocycles. The van der Waals surface area contributed by atoms with Crippen molar-refractivity contribution in [3.63, 3.8) is 0 Å². The van der Waals surface area contributed by atoms with E-state index in [2.05, 4.69) is 38.7 Å². The Hall–Kier alpha value is -3.46. The lowest BCUT2D eigenvalue weighted by Gasteiger charge is -2.09. The zero-order valence-corrected chi connectivity index (χ0v) is 16.7. The van der Waals surface area contributed by atoms with E-state index >= 15 is 0 Å². The number of carbonyl (C=O) groups is 1. The molecule has 0 bridgehead atoms. The first-order valence-corrected chi connectivity index (χ1v) is 9.85. The van der Waals surface area contributed by atoms with Gasteiger partial charge in [-0.3, -0.25) is 4.79 Å². The van der Waals surface area contributed by atoms with Gasteiger partial charge in [-0.25, -0.2) is 9.97 Å². The standard InChI is InChI=1S/C20H19N5O3S/c1-12-10-16(28-25-12)14-11-23-20(24-18(14)17-6-5-13(2)29-17)22-8-7-21-19(26)15-4-3-9-27-15/h3-6,9-11H,7-8H2,1-2H3,(H,21,26)(H,22,23,24). The highest BCUT2D eigenvalue weighted by Gasteiger charge is 2.16. The summed E-state index contributed by atoms with van der Waals surface area (Å²) in [6.45, 7) is 4.79. The van der Waals surface area contributed by atoms with Gasteiger partial charge in [-0.15, -0.1) is 11.3 Å². The number of furan rings is 1. The van der Waals surface area contributed by atoms with Crippen molar-refractivity contribution in [2.75, 3.05) is 18.4 Å². The van der Waals surface area contributed by atoms with Crippen LogP contribution in [0.15, 0.2) is 51.7 Å². The SMILES string of the molecule is Cc1cc(-c2cnc(NCCNC(=O)c3ccco3)nc2-c2ccc(C)s2)on1. The van der Waals surface area contributed by atoms with Gasteiger partial charge in [0.05, 0.1) is 28.1 Å². The molecule has 4 heterocycles. The van der Waals surface area contributed by atoms with Crippen molar-refractivity contribution >= 4 is 23.2 Å². The van der Waals surface area contributed by atoms with Crippen LogP contribution in [0, 0.1) is 13.8 Å². The Labute approximate surface area is 171 Å². The Morgan fingerprint density at radius 2 is 2.10 bits per heavy atom. The monoisotopic (exact) mass is 409 g/mol. The summed E-state index contributed by atoms with van der Waals surface area (Å²) in [4.78, 5) is 23.2. The third kappa shape index (κ3) is 4.35. The summed E-state index contributed by atoms with van der Waals surface area (Å²) in [7, 11) is 0. The summed E-state index contributed by atoms with van der Waals surface area (Å²) in [5.41, 5.74) is 2.35. The molecule has 0 aliphatic rings. The van der Waals surface area contributed by atoms with Gasteiger partial charge < -0.3 is 19.6 Å². The number of carbonyl (C=O) groups excluding carboxylic acids is 1. The molecule has 29 heavy (non-hydrogen) atoms. The molecular weight excluding hydrogens is 390 g/mol. The maximum absolute atomic E-state index is 11.9. The molecule has 9 heteroatoms. The molecule has 8 nitrogen and oxygen atoms in total. The van der Waals surface area contributed by atoms with E-state index < -0.39 is 0 Å². The number of amides is 1. The van der Waals surface area contributed by atoms with Crippen LogP contribution in [0.2, 0.25) is 0 Å². The van der Waals surface area contributed by atoms with E-state index in [1.165, 1.54) is 11.1 Å². The van der Waals surface area contributed by atoms with E-state index in [1.54, 1.807) is 29.7 Å². The number of aryl methyl sites for hydroxylation is 2. The van der Waals surface area contributed by atoms with E-state index in [1.807, 2.05) is 19.1 Å². The van der Waals surface area contributed by atoms with Crippen LogP contribution in [0.25, 0.3) is 21.9 Å². The lowest BCUT2D eigenvalue weighted by atomic mass is 10.1. The fourth-order valence-electron chi connectivity index (χ4n) is 2.73. The third-order valence-electron chi connectivity index (χ3n) is 4.09. The summed E-state index contributed by atoms with van der Waals surface area (Å²) >= 11 is 1.65. The number of hydrogen-bond donors (Lipinski definition) is 2. The summed E-state index contributed by atoms with van der Waals surface area (Å²) < 4.78 is 10.5. The van der Waals surface area contributed by atoms with Crippen LogP contribution in [0.5, 0.6) is 0 Å². The second kappa shape index (κ2) is 8.27. The van der Waals surface area contributed by atoms with E-state index in [0.717, 1.165) is 21.8 Å². The summed E-state index contributed by atoms with van der Waals surface area (Å²) in [5.74, 6) is 1.12. The van der Waals surface area contributed by atoms with E-state index in [4.69, 9.17) is 8.94 Å². The van der Waals surface area contributed by atoms with Crippen molar-refractivity contribution < 1.29 is 13.7 Å². The first-order chi connectivity index (χ1) is 14.1. The highest BCUT2D eigenvalue weighted by molar-refractivity contribution is 7.15. The van der Waals surface area contributed by atoms with Crippen LogP contribution in [0.4, 0.5) is 5.95 Å². The Kier molecular flexibility index (Phi) is 5.39. The molecule has 1 amide bonds. The molecule has 0 atom stereocenters. The van der Waals surface area contributed by atoms with Gasteiger partial charge in [0.1, 0.15) is 0 Å². The molecule has 4 rings (SSSR count). The van der Waals surface area contributed by atoms with Crippen molar-refractivity contribution in [2.24, 2.45) is 0 Å². The Balaban J connectivity index is 1.49. The van der Waals surface area contributed by atoms with E-state index in [9.17, 15) is 4.79 Å². The Morgan fingerprint density at radius 3 is 2.79 bits per heavy atom. The minimum atomic E-state index is -0.261. The number of aromatic nitrogens is 3. The van der Waals surface area contributed by atoms with Crippen LogP contribution >= 0.6 is 11.3 Å². The summed E-state index contributed by atoms with van der Waals surface area (Å²) in [6.07, 6.45) is 3.19. The zero-order valence-electron chi connectivity index (χ0n) is 15.9. The van der Waals surface area contributed by atoms with E-state index in [-0.39, 0.29) is 11.7 Å². The summed E-state index contributed by atoms with van der Waals surface area (Å²) in [5, 5.41) is 9.87. The van der Waals surface area contributed by atoms with E-state index in [0.29, 0.717) is 24.8 Å². The van der Waals surface area contributed by atoms with Crippen LogP contribution in [-0.2, 0) is 0 Å². The average molecular weight is 409 g/mol. The predicted octanol–water partition coefficient (Wildman–Crippen LogP) is 3.91. The van der Waals surface area contributed by atoms with Crippen LogP contribution < -0.4 is 10.6 Å². The number of nitrogens with zero attached hydrogens (tertiary/aromatic N) is 3. The molecule has 4 aromatic rings. The van der Waals surface area contributed by atoms with Crippen molar-refractivity contribution in [2.45, 2.75) is 13.8 Å². The first kappa shape index (κ1) is 18.9. The highest BCUT2D eigenvalue weighted by Crippen LogP contribution is 2.35. The molecule has 2 N–H and O–H groups in total. The molecule has 0 aromatic carbocycles. The van der Waals surface area contributed by atoms with Crippen molar-refractivity contribution in [1.82, 2.24) is 20.4 Å². The molecule has 0 fully saturated rings. The fraction of sp³-hybridized carbons (Fsp3) is 0.200. The topological polar surface area (TPSA) is 106 Å². The quantitative estimate of drug-likeness (QED) is 0.446.